The summed E-state index contributed by atoms with van der Waals surface area (Å²) < 4.78 is 5.55. The predicted octanol–water partition coefficient (Wildman–Crippen LogP) is 0.403. The predicted molar refractivity (Wildman–Crippen MR) is 49.8 cm³/mol. The van der Waals surface area contributed by atoms with Gasteiger partial charge in [0.1, 0.15) is 5.54 Å². The average molecular weight is 197 g/mol. The molecule has 2 aliphatic heterocycles. The molecule has 78 valence electrons. The smallest absolute Gasteiger partial charge is 0.228 e. The molecule has 2 saturated heterocycles. The summed E-state index contributed by atoms with van der Waals surface area (Å²) in [6.07, 6.45) is 2.25. The van der Waals surface area contributed by atoms with Crippen LogP contribution in [0.1, 0.15) is 32.6 Å². The van der Waals surface area contributed by atoms with Crippen LogP contribution in [0.4, 0.5) is 0 Å². The molecule has 0 saturated carbocycles. The number of amides is 1. The minimum atomic E-state index is -0.690. The fourth-order valence-corrected chi connectivity index (χ4v) is 2.47. The first-order chi connectivity index (χ1) is 6.69. The van der Waals surface area contributed by atoms with Gasteiger partial charge in [-0.15, -0.1) is 0 Å². The van der Waals surface area contributed by atoms with Crippen molar-refractivity contribution >= 4 is 11.7 Å². The Morgan fingerprint density at radius 2 is 2.36 bits per heavy atom. The maximum Gasteiger partial charge on any atom is 0.228 e. The highest BCUT2D eigenvalue weighted by molar-refractivity contribution is 6.10. The van der Waals surface area contributed by atoms with Crippen LogP contribution < -0.4 is 5.32 Å². The molecule has 2 aliphatic rings. The van der Waals surface area contributed by atoms with Gasteiger partial charge in [0.05, 0.1) is 12.5 Å². The first-order valence-electron chi connectivity index (χ1n) is 5.15. The molecule has 4 nitrogen and oxygen atoms in total. The summed E-state index contributed by atoms with van der Waals surface area (Å²) in [4.78, 5) is 23.0. The van der Waals surface area contributed by atoms with Crippen LogP contribution in [0.5, 0.6) is 0 Å². The van der Waals surface area contributed by atoms with E-state index in [4.69, 9.17) is 4.74 Å². The lowest BCUT2D eigenvalue weighted by Crippen LogP contribution is -2.58. The zero-order valence-electron chi connectivity index (χ0n) is 8.34. The van der Waals surface area contributed by atoms with Gasteiger partial charge >= 0.3 is 0 Å². The van der Waals surface area contributed by atoms with E-state index in [0.29, 0.717) is 6.61 Å². The SMILES string of the molecule is CCC1OCCCC12NC(=O)CC2=O. The molecule has 4 heteroatoms. The van der Waals surface area contributed by atoms with E-state index in [1.54, 1.807) is 0 Å². The van der Waals surface area contributed by atoms with Crippen molar-refractivity contribution < 1.29 is 14.3 Å². The molecule has 2 rings (SSSR count). The van der Waals surface area contributed by atoms with Crippen molar-refractivity contribution in [2.45, 2.75) is 44.2 Å². The summed E-state index contributed by atoms with van der Waals surface area (Å²) in [7, 11) is 0. The van der Waals surface area contributed by atoms with Crippen LogP contribution in [-0.4, -0.2) is 29.9 Å². The van der Waals surface area contributed by atoms with E-state index >= 15 is 0 Å². The Morgan fingerprint density at radius 1 is 1.57 bits per heavy atom. The third-order valence-electron chi connectivity index (χ3n) is 3.14. The lowest BCUT2D eigenvalue weighted by atomic mass is 9.82. The van der Waals surface area contributed by atoms with Crippen LogP contribution >= 0.6 is 0 Å². The molecule has 2 fully saturated rings. The molecule has 1 spiro atoms. The maximum absolute atomic E-state index is 11.8. The van der Waals surface area contributed by atoms with Gasteiger partial charge in [-0.3, -0.25) is 9.59 Å². The van der Waals surface area contributed by atoms with Gasteiger partial charge in [0.15, 0.2) is 5.78 Å². The van der Waals surface area contributed by atoms with Gasteiger partial charge in [-0.2, -0.15) is 0 Å². The zero-order valence-corrected chi connectivity index (χ0v) is 8.34. The minimum Gasteiger partial charge on any atom is -0.375 e. The number of ketones is 1. The molecule has 0 aromatic rings. The van der Waals surface area contributed by atoms with Crippen LogP contribution in [0.3, 0.4) is 0 Å². The van der Waals surface area contributed by atoms with Crippen molar-refractivity contribution in [1.82, 2.24) is 5.32 Å². The first kappa shape index (κ1) is 9.65. The van der Waals surface area contributed by atoms with E-state index < -0.39 is 5.54 Å². The Kier molecular flexibility index (Phi) is 2.31. The van der Waals surface area contributed by atoms with E-state index in [2.05, 4.69) is 5.32 Å². The molecule has 0 bridgehead atoms. The van der Waals surface area contributed by atoms with Gasteiger partial charge in [0.25, 0.3) is 0 Å². The minimum absolute atomic E-state index is 0.00838. The molecule has 2 atom stereocenters. The number of hydrogen-bond donors (Lipinski definition) is 1. The lowest BCUT2D eigenvalue weighted by Gasteiger charge is -2.39. The van der Waals surface area contributed by atoms with Crippen molar-refractivity contribution in [3.8, 4) is 0 Å². The van der Waals surface area contributed by atoms with Crippen molar-refractivity contribution in [2.24, 2.45) is 0 Å². The summed E-state index contributed by atoms with van der Waals surface area (Å²) in [6.45, 7) is 2.68. The van der Waals surface area contributed by atoms with Gasteiger partial charge < -0.3 is 10.1 Å². The second-order valence-electron chi connectivity index (χ2n) is 3.99. The summed E-state index contributed by atoms with van der Waals surface area (Å²) in [5, 5.41) is 2.81. The molecule has 1 amide bonds. The average Bonchev–Trinajstić information content (AvgIpc) is 2.43. The molecule has 0 radical (unpaired) electrons. The third-order valence-corrected chi connectivity index (χ3v) is 3.14. The Balaban J connectivity index is 2.26. The molecular weight excluding hydrogens is 182 g/mol. The number of ether oxygens (including phenoxy) is 1. The van der Waals surface area contributed by atoms with E-state index in [9.17, 15) is 9.59 Å². The van der Waals surface area contributed by atoms with E-state index in [-0.39, 0.29) is 24.2 Å². The molecule has 14 heavy (non-hydrogen) atoms. The normalized spacial score (nSPS) is 37.6. The summed E-state index contributed by atoms with van der Waals surface area (Å²) in [6, 6.07) is 0. The summed E-state index contributed by atoms with van der Waals surface area (Å²) >= 11 is 0. The number of Topliss-reactive ketones (excluding diaryl/α,β-unsaturated/α-hetero) is 1. The molecule has 0 aliphatic carbocycles. The van der Waals surface area contributed by atoms with Crippen LogP contribution in [-0.2, 0) is 14.3 Å². The third kappa shape index (κ3) is 1.25. The van der Waals surface area contributed by atoms with Crippen molar-refractivity contribution in [1.29, 1.82) is 0 Å². The van der Waals surface area contributed by atoms with Gasteiger partial charge in [0.2, 0.25) is 5.91 Å². The van der Waals surface area contributed by atoms with Crippen LogP contribution in [0.2, 0.25) is 0 Å². The molecule has 2 unspecified atom stereocenters. The van der Waals surface area contributed by atoms with E-state index in [0.717, 1.165) is 19.3 Å². The Morgan fingerprint density at radius 3 is 2.93 bits per heavy atom. The van der Waals surface area contributed by atoms with Crippen molar-refractivity contribution in [3.05, 3.63) is 0 Å². The van der Waals surface area contributed by atoms with Crippen molar-refractivity contribution in [3.63, 3.8) is 0 Å². The van der Waals surface area contributed by atoms with E-state index in [1.165, 1.54) is 0 Å². The number of hydrogen-bond acceptors (Lipinski definition) is 3. The van der Waals surface area contributed by atoms with Crippen molar-refractivity contribution in [2.75, 3.05) is 6.61 Å². The molecule has 0 aromatic carbocycles. The standard InChI is InChI=1S/C10H15NO3/c1-2-8-10(4-3-5-14-8)7(12)6-9(13)11-10/h8H,2-6H2,1H3,(H,11,13). The van der Waals surface area contributed by atoms with Crippen LogP contribution in [0.25, 0.3) is 0 Å². The highest BCUT2D eigenvalue weighted by Gasteiger charge is 2.52. The molecule has 1 N–H and O–H groups in total. The van der Waals surface area contributed by atoms with Gasteiger partial charge in [0, 0.05) is 6.61 Å². The van der Waals surface area contributed by atoms with Crippen LogP contribution in [0.15, 0.2) is 0 Å². The fraction of sp³-hybridized carbons (Fsp3) is 0.800. The second-order valence-corrected chi connectivity index (χ2v) is 3.99. The van der Waals surface area contributed by atoms with Gasteiger partial charge in [-0.1, -0.05) is 6.92 Å². The Bertz CT molecular complexity index is 277. The Labute approximate surface area is 83.0 Å². The number of rotatable bonds is 1. The lowest BCUT2D eigenvalue weighted by molar-refractivity contribution is -0.134. The number of carbonyl (C=O) groups excluding carboxylic acids is 2. The first-order valence-corrected chi connectivity index (χ1v) is 5.15. The fourth-order valence-electron chi connectivity index (χ4n) is 2.47. The summed E-state index contributed by atoms with van der Waals surface area (Å²) in [5.74, 6) is -0.145. The highest BCUT2D eigenvalue weighted by Crippen LogP contribution is 2.32. The number of nitrogens with one attached hydrogen (secondary N) is 1. The quantitative estimate of drug-likeness (QED) is 0.619. The van der Waals surface area contributed by atoms with E-state index in [1.807, 2.05) is 6.92 Å². The highest BCUT2D eigenvalue weighted by atomic mass is 16.5. The molecular formula is C10H15NO3. The Hall–Kier alpha value is -0.900. The van der Waals surface area contributed by atoms with Gasteiger partial charge in [-0.25, -0.2) is 0 Å². The summed E-state index contributed by atoms with van der Waals surface area (Å²) in [5.41, 5.74) is -0.690. The molecule has 0 aromatic heterocycles. The topological polar surface area (TPSA) is 55.4 Å². The molecule has 2 heterocycles. The van der Waals surface area contributed by atoms with Gasteiger partial charge in [-0.05, 0) is 19.3 Å². The maximum atomic E-state index is 11.8. The number of carbonyl (C=O) groups is 2. The van der Waals surface area contributed by atoms with Crippen LogP contribution in [0, 0.1) is 0 Å². The largest absolute Gasteiger partial charge is 0.375 e. The second kappa shape index (κ2) is 3.35. The monoisotopic (exact) mass is 197 g/mol. The zero-order chi connectivity index (χ0) is 10.2.